The van der Waals surface area contributed by atoms with Crippen molar-refractivity contribution in [2.45, 2.75) is 26.3 Å². The zero-order chi connectivity index (χ0) is 19.9. The summed E-state index contributed by atoms with van der Waals surface area (Å²) in [7, 11) is 0. The minimum Gasteiger partial charge on any atom is -0.494 e. The molecular weight excluding hydrogens is 395 g/mol. The van der Waals surface area contributed by atoms with Crippen molar-refractivity contribution in [3.8, 4) is 5.75 Å². The molecule has 3 aromatic rings. The number of thioether (sulfide) groups is 1. The average molecular weight is 419 g/mol. The first kappa shape index (κ1) is 20.6. The van der Waals surface area contributed by atoms with Crippen LogP contribution in [0.25, 0.3) is 10.2 Å². The van der Waals surface area contributed by atoms with Crippen LogP contribution in [0.2, 0.25) is 0 Å². The maximum atomic E-state index is 13.6. The number of unbranched alkanes of at least 4 members (excludes halogenated alkanes) is 1. The predicted molar refractivity (Wildman–Crippen MR) is 115 cm³/mol. The smallest absolute Gasteiger partial charge is 0.279 e. The Kier molecular flexibility index (Phi) is 7.28. The van der Waals surface area contributed by atoms with Crippen molar-refractivity contribution < 1.29 is 13.9 Å². The number of rotatable bonds is 8. The second kappa shape index (κ2) is 9.89. The van der Waals surface area contributed by atoms with Crippen LogP contribution in [0, 0.1) is 5.82 Å². The first-order valence-electron chi connectivity index (χ1n) is 9.22. The maximum absolute atomic E-state index is 13.6. The largest absolute Gasteiger partial charge is 0.494 e. The molecule has 0 saturated carbocycles. The molecule has 0 radical (unpaired) electrons. The van der Waals surface area contributed by atoms with Gasteiger partial charge in [0.2, 0.25) is 0 Å². The standard InChI is InChI=1S/C21H23FN2O2S2/c1-3-4-12-26-17-8-5-15(6-9-17)20(25)23-21-24(11-13-27-2)18-10-7-16(22)14-19(18)28-21/h5-10,14H,3-4,11-13H2,1-2H3. The summed E-state index contributed by atoms with van der Waals surface area (Å²) in [5.41, 5.74) is 1.40. The number of benzene rings is 2. The predicted octanol–water partition coefficient (Wildman–Crippen LogP) is 5.12. The quantitative estimate of drug-likeness (QED) is 0.477. The van der Waals surface area contributed by atoms with Crippen molar-refractivity contribution in [2.24, 2.45) is 4.99 Å². The fourth-order valence-electron chi connectivity index (χ4n) is 2.71. The third kappa shape index (κ3) is 5.02. The molecule has 0 aliphatic heterocycles. The van der Waals surface area contributed by atoms with E-state index in [-0.39, 0.29) is 11.7 Å². The Morgan fingerprint density at radius 1 is 1.25 bits per heavy atom. The minimum absolute atomic E-state index is 0.290. The lowest BCUT2D eigenvalue weighted by atomic mass is 10.2. The van der Waals surface area contributed by atoms with E-state index >= 15 is 0 Å². The molecule has 1 amide bonds. The van der Waals surface area contributed by atoms with Gasteiger partial charge in [-0.2, -0.15) is 16.8 Å². The van der Waals surface area contributed by atoms with Gasteiger partial charge in [0.1, 0.15) is 11.6 Å². The molecule has 28 heavy (non-hydrogen) atoms. The van der Waals surface area contributed by atoms with Crippen molar-refractivity contribution in [2.75, 3.05) is 18.6 Å². The van der Waals surface area contributed by atoms with Crippen molar-refractivity contribution in [1.29, 1.82) is 0 Å². The van der Waals surface area contributed by atoms with Crippen molar-refractivity contribution in [3.63, 3.8) is 0 Å². The molecule has 0 saturated heterocycles. The number of nitrogens with zero attached hydrogens (tertiary/aromatic N) is 2. The molecular formula is C21H23FN2O2S2. The molecule has 0 spiro atoms. The van der Waals surface area contributed by atoms with Crippen LogP contribution >= 0.6 is 23.1 Å². The fraction of sp³-hybridized carbons (Fsp3) is 0.333. The maximum Gasteiger partial charge on any atom is 0.279 e. The Labute approximate surface area is 172 Å². The zero-order valence-electron chi connectivity index (χ0n) is 16.0. The Morgan fingerprint density at radius 3 is 2.75 bits per heavy atom. The van der Waals surface area contributed by atoms with Gasteiger partial charge in [-0.25, -0.2) is 4.39 Å². The van der Waals surface area contributed by atoms with Gasteiger partial charge in [0.25, 0.3) is 5.91 Å². The monoisotopic (exact) mass is 418 g/mol. The highest BCUT2D eigenvalue weighted by molar-refractivity contribution is 7.98. The van der Waals surface area contributed by atoms with E-state index in [2.05, 4.69) is 11.9 Å². The number of carbonyl (C=O) groups is 1. The first-order valence-corrected chi connectivity index (χ1v) is 11.4. The van der Waals surface area contributed by atoms with Gasteiger partial charge in [-0.15, -0.1) is 0 Å². The molecule has 1 aromatic heterocycles. The van der Waals surface area contributed by atoms with Gasteiger partial charge in [-0.3, -0.25) is 4.79 Å². The number of halogens is 1. The van der Waals surface area contributed by atoms with Crippen molar-refractivity contribution in [1.82, 2.24) is 4.57 Å². The Morgan fingerprint density at radius 2 is 2.04 bits per heavy atom. The summed E-state index contributed by atoms with van der Waals surface area (Å²) < 4.78 is 22.0. The SMILES string of the molecule is CCCCOc1ccc(C(=O)N=c2sc3cc(F)ccc3n2CCSC)cc1. The highest BCUT2D eigenvalue weighted by Crippen LogP contribution is 2.19. The molecule has 0 aliphatic carbocycles. The van der Waals surface area contributed by atoms with Crippen LogP contribution in [0.1, 0.15) is 30.1 Å². The average Bonchev–Trinajstić information content (AvgIpc) is 3.02. The number of hydrogen-bond donors (Lipinski definition) is 0. The number of aromatic nitrogens is 1. The summed E-state index contributed by atoms with van der Waals surface area (Å²) in [6.45, 7) is 3.49. The van der Waals surface area contributed by atoms with E-state index in [1.807, 2.05) is 10.8 Å². The molecule has 0 N–H and O–H groups in total. The van der Waals surface area contributed by atoms with E-state index in [1.54, 1.807) is 42.1 Å². The fourth-order valence-corrected chi connectivity index (χ4v) is 4.16. The van der Waals surface area contributed by atoms with Crippen molar-refractivity contribution >= 4 is 39.2 Å². The van der Waals surface area contributed by atoms with Gasteiger partial charge in [0, 0.05) is 17.9 Å². The van der Waals surface area contributed by atoms with Crippen LogP contribution in [-0.2, 0) is 6.54 Å². The summed E-state index contributed by atoms with van der Waals surface area (Å²) in [6.07, 6.45) is 4.10. The summed E-state index contributed by atoms with van der Waals surface area (Å²) in [6, 6.07) is 11.7. The van der Waals surface area contributed by atoms with Crippen LogP contribution in [0.4, 0.5) is 4.39 Å². The molecule has 4 nitrogen and oxygen atoms in total. The summed E-state index contributed by atoms with van der Waals surface area (Å²) in [5.74, 6) is 1.03. The molecule has 0 bridgehead atoms. The van der Waals surface area contributed by atoms with Crippen LogP contribution in [0.15, 0.2) is 47.5 Å². The van der Waals surface area contributed by atoms with E-state index < -0.39 is 0 Å². The van der Waals surface area contributed by atoms with Gasteiger partial charge in [-0.05, 0) is 55.1 Å². The zero-order valence-corrected chi connectivity index (χ0v) is 17.6. The van der Waals surface area contributed by atoms with E-state index in [0.29, 0.717) is 23.5 Å². The number of hydrogen-bond acceptors (Lipinski definition) is 4. The summed E-state index contributed by atoms with van der Waals surface area (Å²) in [4.78, 5) is 17.6. The van der Waals surface area contributed by atoms with Gasteiger partial charge in [-0.1, -0.05) is 24.7 Å². The lowest BCUT2D eigenvalue weighted by Gasteiger charge is -2.05. The first-order chi connectivity index (χ1) is 13.6. The van der Waals surface area contributed by atoms with E-state index in [9.17, 15) is 9.18 Å². The van der Waals surface area contributed by atoms with Crippen LogP contribution in [-0.4, -0.2) is 29.1 Å². The number of carbonyl (C=O) groups excluding carboxylic acids is 1. The summed E-state index contributed by atoms with van der Waals surface area (Å²) in [5, 5.41) is 0. The third-order valence-electron chi connectivity index (χ3n) is 4.23. The lowest BCUT2D eigenvalue weighted by Crippen LogP contribution is -2.18. The minimum atomic E-state index is -0.315. The van der Waals surface area contributed by atoms with Crippen molar-refractivity contribution in [3.05, 3.63) is 58.6 Å². The molecule has 148 valence electrons. The van der Waals surface area contributed by atoms with Gasteiger partial charge >= 0.3 is 0 Å². The Bertz CT molecular complexity index is 1010. The van der Waals surface area contributed by atoms with E-state index in [0.717, 1.165) is 34.6 Å². The van der Waals surface area contributed by atoms with Gasteiger partial charge in [0.05, 0.1) is 16.8 Å². The van der Waals surface area contributed by atoms with Gasteiger partial charge < -0.3 is 9.30 Å². The second-order valence-corrected chi connectivity index (χ2v) is 8.28. The van der Waals surface area contributed by atoms with Crippen LogP contribution in [0.3, 0.4) is 0 Å². The summed E-state index contributed by atoms with van der Waals surface area (Å²) >= 11 is 3.04. The number of fused-ring (bicyclic) bond motifs is 1. The Balaban J connectivity index is 1.89. The molecule has 0 atom stereocenters. The van der Waals surface area contributed by atoms with Crippen LogP contribution in [0.5, 0.6) is 5.75 Å². The van der Waals surface area contributed by atoms with Gasteiger partial charge in [0.15, 0.2) is 4.80 Å². The molecule has 0 aliphatic rings. The molecule has 0 fully saturated rings. The molecule has 3 rings (SSSR count). The molecule has 7 heteroatoms. The Hall–Kier alpha value is -2.12. The molecule has 1 heterocycles. The number of thiazole rings is 1. The van der Waals surface area contributed by atoms with Crippen LogP contribution < -0.4 is 9.54 Å². The highest BCUT2D eigenvalue weighted by atomic mass is 32.2. The molecule has 0 unspecified atom stereocenters. The normalized spacial score (nSPS) is 11.9. The number of amides is 1. The molecule has 2 aromatic carbocycles. The second-order valence-electron chi connectivity index (χ2n) is 6.28. The number of aryl methyl sites for hydroxylation is 1. The lowest BCUT2D eigenvalue weighted by molar-refractivity contribution is 0.0998. The topological polar surface area (TPSA) is 43.6 Å². The van der Waals surface area contributed by atoms with E-state index in [4.69, 9.17) is 4.74 Å². The highest BCUT2D eigenvalue weighted by Gasteiger charge is 2.10. The number of ether oxygens (including phenoxy) is 1. The van der Waals surface area contributed by atoms with E-state index in [1.165, 1.54) is 23.5 Å². The third-order valence-corrected chi connectivity index (χ3v) is 5.86.